The summed E-state index contributed by atoms with van der Waals surface area (Å²) in [4.78, 5) is 12.1. The van der Waals surface area contributed by atoms with E-state index in [4.69, 9.17) is 5.73 Å². The monoisotopic (exact) mass is 252 g/mol. The highest BCUT2D eigenvalue weighted by Crippen LogP contribution is 2.07. The number of aromatic nitrogens is 2. The maximum absolute atomic E-state index is 12.1. The zero-order chi connectivity index (χ0) is 13.7. The molecule has 0 radical (unpaired) electrons. The van der Waals surface area contributed by atoms with Gasteiger partial charge in [0.15, 0.2) is 0 Å². The Morgan fingerprint density at radius 1 is 1.56 bits per heavy atom. The SMILES string of the molecule is CCc1cc(C(=O)NC(CN)CC(C)C)n(C)n1. The van der Waals surface area contributed by atoms with Crippen LogP contribution in [0, 0.1) is 5.92 Å². The van der Waals surface area contributed by atoms with Crippen LogP contribution in [0.5, 0.6) is 0 Å². The van der Waals surface area contributed by atoms with Crippen LogP contribution in [-0.4, -0.2) is 28.3 Å². The van der Waals surface area contributed by atoms with Crippen LogP contribution in [0.15, 0.2) is 6.07 Å². The van der Waals surface area contributed by atoms with Crippen molar-refractivity contribution in [2.75, 3.05) is 6.54 Å². The number of nitrogens with two attached hydrogens (primary N) is 1. The minimum Gasteiger partial charge on any atom is -0.347 e. The minimum atomic E-state index is -0.0965. The Morgan fingerprint density at radius 2 is 2.22 bits per heavy atom. The molecule has 102 valence electrons. The molecule has 1 atom stereocenters. The smallest absolute Gasteiger partial charge is 0.269 e. The highest BCUT2D eigenvalue weighted by atomic mass is 16.2. The molecule has 0 aromatic carbocycles. The van der Waals surface area contributed by atoms with E-state index in [0.29, 0.717) is 18.2 Å². The second-order valence-electron chi connectivity index (χ2n) is 5.03. The maximum atomic E-state index is 12.1. The zero-order valence-electron chi connectivity index (χ0n) is 11.7. The molecule has 1 unspecified atom stereocenters. The largest absolute Gasteiger partial charge is 0.347 e. The lowest BCUT2D eigenvalue weighted by Gasteiger charge is -2.18. The Hall–Kier alpha value is -1.36. The molecule has 18 heavy (non-hydrogen) atoms. The van der Waals surface area contributed by atoms with Crippen LogP contribution in [0.3, 0.4) is 0 Å². The van der Waals surface area contributed by atoms with Crippen LogP contribution in [-0.2, 0) is 13.5 Å². The normalized spacial score (nSPS) is 12.8. The standard InChI is InChI=1S/C13H24N4O/c1-5-10-7-12(17(4)16-10)13(18)15-11(8-14)6-9(2)3/h7,9,11H,5-6,8,14H2,1-4H3,(H,15,18). The number of carbonyl (C=O) groups excluding carboxylic acids is 1. The van der Waals surface area contributed by atoms with Crippen LogP contribution < -0.4 is 11.1 Å². The lowest BCUT2D eigenvalue weighted by molar-refractivity contribution is 0.0924. The van der Waals surface area contributed by atoms with E-state index in [-0.39, 0.29) is 11.9 Å². The van der Waals surface area contributed by atoms with Crippen molar-refractivity contribution in [3.63, 3.8) is 0 Å². The van der Waals surface area contributed by atoms with Gasteiger partial charge in [-0.25, -0.2) is 0 Å². The molecule has 0 aliphatic carbocycles. The van der Waals surface area contributed by atoms with Gasteiger partial charge in [-0.1, -0.05) is 20.8 Å². The summed E-state index contributed by atoms with van der Waals surface area (Å²) in [6.45, 7) is 6.72. The number of nitrogens with zero attached hydrogens (tertiary/aromatic N) is 2. The van der Waals surface area contributed by atoms with Gasteiger partial charge in [0.1, 0.15) is 5.69 Å². The van der Waals surface area contributed by atoms with E-state index in [1.165, 1.54) is 0 Å². The summed E-state index contributed by atoms with van der Waals surface area (Å²) in [5.74, 6) is 0.414. The first-order valence-corrected chi connectivity index (χ1v) is 6.51. The number of carbonyl (C=O) groups is 1. The first kappa shape index (κ1) is 14.7. The van der Waals surface area contributed by atoms with Gasteiger partial charge >= 0.3 is 0 Å². The number of hydrogen-bond donors (Lipinski definition) is 2. The molecule has 0 bridgehead atoms. The first-order valence-electron chi connectivity index (χ1n) is 6.51. The Balaban J connectivity index is 2.71. The van der Waals surface area contributed by atoms with Crippen molar-refractivity contribution in [3.05, 3.63) is 17.5 Å². The number of nitrogens with one attached hydrogen (secondary N) is 1. The van der Waals surface area contributed by atoms with Crippen molar-refractivity contribution < 1.29 is 4.79 Å². The van der Waals surface area contributed by atoms with E-state index in [1.54, 1.807) is 11.7 Å². The molecule has 5 heteroatoms. The van der Waals surface area contributed by atoms with Gasteiger partial charge in [-0.15, -0.1) is 0 Å². The van der Waals surface area contributed by atoms with Crippen molar-refractivity contribution in [2.45, 2.75) is 39.7 Å². The molecule has 0 spiro atoms. The molecule has 0 fully saturated rings. The van der Waals surface area contributed by atoms with Crippen LogP contribution in [0.2, 0.25) is 0 Å². The number of rotatable bonds is 6. The van der Waals surface area contributed by atoms with Gasteiger partial charge in [-0.2, -0.15) is 5.10 Å². The van der Waals surface area contributed by atoms with Crippen LogP contribution >= 0.6 is 0 Å². The van der Waals surface area contributed by atoms with E-state index in [2.05, 4.69) is 24.3 Å². The summed E-state index contributed by atoms with van der Waals surface area (Å²) in [5, 5.41) is 7.24. The first-order chi connectivity index (χ1) is 8.47. The van der Waals surface area contributed by atoms with Gasteiger partial charge in [0.25, 0.3) is 5.91 Å². The number of hydrogen-bond acceptors (Lipinski definition) is 3. The molecular formula is C13H24N4O. The van der Waals surface area contributed by atoms with Gasteiger partial charge in [0.05, 0.1) is 5.69 Å². The second kappa shape index (κ2) is 6.54. The topological polar surface area (TPSA) is 72.9 Å². The van der Waals surface area contributed by atoms with Crippen molar-refractivity contribution in [3.8, 4) is 0 Å². The molecule has 1 aromatic rings. The summed E-state index contributed by atoms with van der Waals surface area (Å²) in [6, 6.07) is 1.86. The van der Waals surface area contributed by atoms with Crippen molar-refractivity contribution >= 4 is 5.91 Å². The van der Waals surface area contributed by atoms with E-state index in [0.717, 1.165) is 18.5 Å². The predicted molar refractivity (Wildman–Crippen MR) is 72.3 cm³/mol. The fraction of sp³-hybridized carbons (Fsp3) is 0.692. The Kier molecular flexibility index (Phi) is 5.34. The molecule has 1 aromatic heterocycles. The maximum Gasteiger partial charge on any atom is 0.269 e. The quantitative estimate of drug-likeness (QED) is 0.796. The molecule has 0 aliphatic rings. The predicted octanol–water partition coefficient (Wildman–Crippen LogP) is 1.09. The van der Waals surface area contributed by atoms with E-state index < -0.39 is 0 Å². The fourth-order valence-electron chi connectivity index (χ4n) is 1.95. The molecule has 0 saturated carbocycles. The molecule has 0 aliphatic heterocycles. The van der Waals surface area contributed by atoms with E-state index >= 15 is 0 Å². The van der Waals surface area contributed by atoms with Crippen molar-refractivity contribution in [2.24, 2.45) is 18.7 Å². The fourth-order valence-corrected chi connectivity index (χ4v) is 1.95. The third-order valence-electron chi connectivity index (χ3n) is 2.90. The second-order valence-corrected chi connectivity index (χ2v) is 5.03. The Bertz CT molecular complexity index is 398. The summed E-state index contributed by atoms with van der Waals surface area (Å²) in [5.41, 5.74) is 7.20. The zero-order valence-corrected chi connectivity index (χ0v) is 11.7. The lowest BCUT2D eigenvalue weighted by Crippen LogP contribution is -2.41. The molecular weight excluding hydrogens is 228 g/mol. The molecule has 5 nitrogen and oxygen atoms in total. The highest BCUT2D eigenvalue weighted by molar-refractivity contribution is 5.92. The van der Waals surface area contributed by atoms with Gasteiger partial charge in [-0.05, 0) is 24.8 Å². The summed E-state index contributed by atoms with van der Waals surface area (Å²) >= 11 is 0. The third kappa shape index (κ3) is 3.84. The third-order valence-corrected chi connectivity index (χ3v) is 2.90. The Morgan fingerprint density at radius 3 is 2.67 bits per heavy atom. The summed E-state index contributed by atoms with van der Waals surface area (Å²) in [7, 11) is 1.79. The summed E-state index contributed by atoms with van der Waals surface area (Å²) in [6.07, 6.45) is 1.72. The Labute approximate surface area is 109 Å². The molecule has 1 heterocycles. The molecule has 3 N–H and O–H groups in total. The molecule has 1 amide bonds. The van der Waals surface area contributed by atoms with Crippen molar-refractivity contribution in [1.29, 1.82) is 0 Å². The summed E-state index contributed by atoms with van der Waals surface area (Å²) < 4.78 is 1.62. The van der Waals surface area contributed by atoms with Gasteiger partial charge in [-0.3, -0.25) is 9.48 Å². The number of amides is 1. The molecule has 0 saturated heterocycles. The average molecular weight is 252 g/mol. The van der Waals surface area contributed by atoms with Crippen molar-refractivity contribution in [1.82, 2.24) is 15.1 Å². The van der Waals surface area contributed by atoms with Crippen LogP contribution in [0.1, 0.15) is 43.4 Å². The van der Waals surface area contributed by atoms with Gasteiger partial charge in [0, 0.05) is 19.6 Å². The lowest BCUT2D eigenvalue weighted by atomic mass is 10.0. The average Bonchev–Trinajstić information content (AvgIpc) is 2.69. The molecule has 1 rings (SSSR count). The van der Waals surface area contributed by atoms with E-state index in [1.807, 2.05) is 13.0 Å². The highest BCUT2D eigenvalue weighted by Gasteiger charge is 2.17. The van der Waals surface area contributed by atoms with E-state index in [9.17, 15) is 4.79 Å². The van der Waals surface area contributed by atoms with Crippen LogP contribution in [0.25, 0.3) is 0 Å². The minimum absolute atomic E-state index is 0.0254. The number of aryl methyl sites for hydroxylation is 2. The van der Waals surface area contributed by atoms with Gasteiger partial charge in [0.2, 0.25) is 0 Å². The van der Waals surface area contributed by atoms with Crippen LogP contribution in [0.4, 0.5) is 0 Å². The van der Waals surface area contributed by atoms with Gasteiger partial charge < -0.3 is 11.1 Å².